The Labute approximate surface area is 154 Å². The normalized spacial score (nSPS) is 13.0. The smallest absolute Gasteiger partial charge is 0.262 e. The van der Waals surface area contributed by atoms with Crippen molar-refractivity contribution in [3.8, 4) is 11.9 Å². The number of aromatic nitrogens is 2. The highest BCUT2D eigenvalue weighted by Crippen LogP contribution is 2.38. The number of carbonyl (C=O) groups is 1. The van der Waals surface area contributed by atoms with Gasteiger partial charge in [-0.15, -0.1) is 11.3 Å². The molecule has 0 spiro atoms. The van der Waals surface area contributed by atoms with Crippen molar-refractivity contribution >= 4 is 33.1 Å². The summed E-state index contributed by atoms with van der Waals surface area (Å²) >= 11 is 1.69. The van der Waals surface area contributed by atoms with Crippen LogP contribution in [0.4, 0.5) is 5.69 Å². The number of rotatable bonds is 4. The minimum atomic E-state index is -0.295. The summed E-state index contributed by atoms with van der Waals surface area (Å²) in [7, 11) is 0. The van der Waals surface area contributed by atoms with Gasteiger partial charge in [0.25, 0.3) is 5.91 Å². The lowest BCUT2D eigenvalue weighted by molar-refractivity contribution is -0.118. The Morgan fingerprint density at radius 1 is 1.31 bits per heavy atom. The second-order valence-corrected chi connectivity index (χ2v) is 7.18. The molecule has 0 atom stereocenters. The molecule has 130 valence electrons. The van der Waals surface area contributed by atoms with E-state index in [1.165, 1.54) is 23.2 Å². The van der Waals surface area contributed by atoms with Crippen LogP contribution in [-0.4, -0.2) is 22.5 Å². The van der Waals surface area contributed by atoms with Gasteiger partial charge in [0, 0.05) is 10.6 Å². The molecule has 1 amide bonds. The topological polar surface area (TPSA) is 87.9 Å². The number of carbonyl (C=O) groups excluding carboxylic acids is 1. The molecule has 3 aromatic rings. The highest BCUT2D eigenvalue weighted by atomic mass is 32.1. The van der Waals surface area contributed by atoms with E-state index in [0.717, 1.165) is 29.5 Å². The highest BCUT2D eigenvalue weighted by Gasteiger charge is 2.21. The molecule has 4 rings (SSSR count). The van der Waals surface area contributed by atoms with Gasteiger partial charge < -0.3 is 10.1 Å². The molecule has 0 aliphatic heterocycles. The van der Waals surface area contributed by atoms with Crippen LogP contribution in [0.25, 0.3) is 10.2 Å². The van der Waals surface area contributed by atoms with Crippen molar-refractivity contribution in [1.29, 1.82) is 5.26 Å². The first-order chi connectivity index (χ1) is 12.7. The first-order valence-electron chi connectivity index (χ1n) is 8.42. The lowest BCUT2D eigenvalue weighted by Gasteiger charge is -2.12. The Morgan fingerprint density at radius 3 is 3.08 bits per heavy atom. The first kappa shape index (κ1) is 16.5. The quantitative estimate of drug-likeness (QED) is 0.766. The number of fused-ring (bicyclic) bond motifs is 3. The summed E-state index contributed by atoms with van der Waals surface area (Å²) in [5, 5.41) is 12.6. The highest BCUT2D eigenvalue weighted by molar-refractivity contribution is 7.18. The van der Waals surface area contributed by atoms with E-state index in [-0.39, 0.29) is 12.5 Å². The molecule has 2 aromatic heterocycles. The molecule has 0 radical (unpaired) electrons. The molecule has 26 heavy (non-hydrogen) atoms. The number of benzene rings is 1. The molecule has 0 saturated heterocycles. The van der Waals surface area contributed by atoms with Gasteiger partial charge in [0.1, 0.15) is 11.2 Å². The lowest BCUT2D eigenvalue weighted by Crippen LogP contribution is -2.20. The first-order valence-corrected chi connectivity index (χ1v) is 9.24. The molecule has 1 aliphatic rings. The average Bonchev–Trinajstić information content (AvgIpc) is 3.05. The van der Waals surface area contributed by atoms with Crippen LogP contribution in [0.5, 0.6) is 5.88 Å². The summed E-state index contributed by atoms with van der Waals surface area (Å²) < 4.78 is 5.71. The number of anilines is 1. The molecule has 7 heteroatoms. The number of thiophene rings is 1. The summed E-state index contributed by atoms with van der Waals surface area (Å²) in [6.45, 7) is -0.145. The Bertz CT molecular complexity index is 1020. The van der Waals surface area contributed by atoms with Gasteiger partial charge in [-0.3, -0.25) is 4.79 Å². The van der Waals surface area contributed by atoms with Gasteiger partial charge in [-0.25, -0.2) is 9.97 Å². The molecule has 0 bridgehead atoms. The summed E-state index contributed by atoms with van der Waals surface area (Å²) in [5.74, 6) is 0.172. The number of aryl methyl sites for hydroxylation is 2. The standard InChI is InChI=1S/C19H16N4O2S/c20-9-12-4-3-5-13(8-12)23-16(24)10-25-18-17-14-6-1-2-7-15(14)26-19(17)22-11-21-18/h3-5,8,11H,1-2,6-7,10H2,(H,23,24). The molecule has 6 nitrogen and oxygen atoms in total. The van der Waals surface area contributed by atoms with Crippen LogP contribution in [-0.2, 0) is 17.6 Å². The minimum Gasteiger partial charge on any atom is -0.467 e. The third kappa shape index (κ3) is 3.24. The Balaban J connectivity index is 1.50. The summed E-state index contributed by atoms with van der Waals surface area (Å²) in [6, 6.07) is 8.81. The number of hydrogen-bond donors (Lipinski definition) is 1. The van der Waals surface area contributed by atoms with E-state index < -0.39 is 0 Å². The fourth-order valence-corrected chi connectivity index (χ4v) is 4.39. The van der Waals surface area contributed by atoms with E-state index in [2.05, 4.69) is 15.3 Å². The van der Waals surface area contributed by atoms with Crippen molar-refractivity contribution < 1.29 is 9.53 Å². The number of nitriles is 1. The monoisotopic (exact) mass is 364 g/mol. The molecule has 2 heterocycles. The number of nitrogens with one attached hydrogen (secondary N) is 1. The van der Waals surface area contributed by atoms with Crippen LogP contribution < -0.4 is 10.1 Å². The fraction of sp³-hybridized carbons (Fsp3) is 0.263. The van der Waals surface area contributed by atoms with Crippen LogP contribution in [0.2, 0.25) is 0 Å². The summed E-state index contributed by atoms with van der Waals surface area (Å²) in [6.07, 6.45) is 5.92. The maximum Gasteiger partial charge on any atom is 0.262 e. The predicted octanol–water partition coefficient (Wildman–Crippen LogP) is 3.46. The molecule has 1 aromatic carbocycles. The second-order valence-electron chi connectivity index (χ2n) is 6.10. The summed E-state index contributed by atoms with van der Waals surface area (Å²) in [4.78, 5) is 23.1. The number of ether oxygens (including phenoxy) is 1. The van der Waals surface area contributed by atoms with Crippen LogP contribution in [0.15, 0.2) is 30.6 Å². The number of hydrogen-bond acceptors (Lipinski definition) is 6. The zero-order valence-electron chi connectivity index (χ0n) is 14.0. The van der Waals surface area contributed by atoms with Gasteiger partial charge in [0.15, 0.2) is 6.61 Å². The maximum absolute atomic E-state index is 12.2. The van der Waals surface area contributed by atoms with Gasteiger partial charge in [0.05, 0.1) is 17.0 Å². The SMILES string of the molecule is N#Cc1cccc(NC(=O)COc2ncnc3sc4c(c23)CCCC4)c1. The molecule has 0 saturated carbocycles. The number of amides is 1. The Morgan fingerprint density at radius 2 is 2.19 bits per heavy atom. The largest absolute Gasteiger partial charge is 0.467 e. The molecule has 1 N–H and O–H groups in total. The fourth-order valence-electron chi connectivity index (χ4n) is 3.17. The maximum atomic E-state index is 12.2. The number of nitrogens with zero attached hydrogens (tertiary/aromatic N) is 3. The third-order valence-corrected chi connectivity index (χ3v) is 5.53. The van der Waals surface area contributed by atoms with E-state index in [4.69, 9.17) is 10.00 Å². The van der Waals surface area contributed by atoms with Crippen LogP contribution in [0.3, 0.4) is 0 Å². The van der Waals surface area contributed by atoms with E-state index in [1.54, 1.807) is 35.6 Å². The zero-order chi connectivity index (χ0) is 17.9. The average molecular weight is 364 g/mol. The third-order valence-electron chi connectivity index (χ3n) is 4.33. The van der Waals surface area contributed by atoms with Crippen LogP contribution in [0, 0.1) is 11.3 Å². The van der Waals surface area contributed by atoms with Gasteiger partial charge in [-0.2, -0.15) is 5.26 Å². The molecular weight excluding hydrogens is 348 g/mol. The van der Waals surface area contributed by atoms with Crippen LogP contribution in [0.1, 0.15) is 28.8 Å². The van der Waals surface area contributed by atoms with Gasteiger partial charge in [-0.1, -0.05) is 6.07 Å². The second kappa shape index (κ2) is 7.10. The molecular formula is C19H16N4O2S. The van der Waals surface area contributed by atoms with Crippen molar-refractivity contribution in [3.63, 3.8) is 0 Å². The Hall–Kier alpha value is -2.98. The van der Waals surface area contributed by atoms with E-state index in [0.29, 0.717) is 17.1 Å². The molecule has 0 unspecified atom stereocenters. The molecule has 0 fully saturated rings. The van der Waals surface area contributed by atoms with E-state index >= 15 is 0 Å². The van der Waals surface area contributed by atoms with Crippen molar-refractivity contribution in [2.45, 2.75) is 25.7 Å². The lowest BCUT2D eigenvalue weighted by atomic mass is 9.97. The van der Waals surface area contributed by atoms with Crippen molar-refractivity contribution in [2.75, 3.05) is 11.9 Å². The van der Waals surface area contributed by atoms with Crippen LogP contribution >= 0.6 is 11.3 Å². The summed E-state index contributed by atoms with van der Waals surface area (Å²) in [5.41, 5.74) is 2.33. The van der Waals surface area contributed by atoms with Crippen molar-refractivity contribution in [1.82, 2.24) is 9.97 Å². The zero-order valence-corrected chi connectivity index (χ0v) is 14.8. The van der Waals surface area contributed by atoms with Gasteiger partial charge in [0.2, 0.25) is 5.88 Å². The van der Waals surface area contributed by atoms with Gasteiger partial charge >= 0.3 is 0 Å². The predicted molar refractivity (Wildman–Crippen MR) is 99.3 cm³/mol. The molecule has 1 aliphatic carbocycles. The van der Waals surface area contributed by atoms with E-state index in [9.17, 15) is 4.79 Å². The minimum absolute atomic E-state index is 0.145. The van der Waals surface area contributed by atoms with Crippen molar-refractivity contribution in [2.24, 2.45) is 0 Å². The van der Waals surface area contributed by atoms with Gasteiger partial charge in [-0.05, 0) is 49.4 Å². The Kier molecular flexibility index (Phi) is 4.50. The van der Waals surface area contributed by atoms with Crippen molar-refractivity contribution in [3.05, 3.63) is 46.6 Å². The van der Waals surface area contributed by atoms with E-state index in [1.807, 2.05) is 6.07 Å².